The van der Waals surface area contributed by atoms with Crippen LogP contribution in [0.25, 0.3) is 0 Å². The number of rotatable bonds is 1. The number of hydrogen-bond acceptors (Lipinski definition) is 3. The summed E-state index contributed by atoms with van der Waals surface area (Å²) in [6.07, 6.45) is 2.92. The fourth-order valence-corrected chi connectivity index (χ4v) is 1.75. The molecule has 2 heterocycles. The second-order valence-corrected chi connectivity index (χ2v) is 3.80. The van der Waals surface area contributed by atoms with Crippen molar-refractivity contribution in [2.45, 2.75) is 33.2 Å². The second-order valence-electron chi connectivity index (χ2n) is 3.80. The summed E-state index contributed by atoms with van der Waals surface area (Å²) in [5.41, 5.74) is 3.63. The third-order valence-electron chi connectivity index (χ3n) is 2.65. The van der Waals surface area contributed by atoms with Gasteiger partial charge in [0.05, 0.1) is 6.04 Å². The molecule has 1 unspecified atom stereocenters. The van der Waals surface area contributed by atoms with E-state index in [0.29, 0.717) is 12.6 Å². The van der Waals surface area contributed by atoms with Gasteiger partial charge in [-0.2, -0.15) is 0 Å². The van der Waals surface area contributed by atoms with E-state index in [1.165, 1.54) is 11.1 Å². The maximum absolute atomic E-state index is 5.54. The SMILES string of the molecule is CCc1cnc2c(c1C)NC(C)CO2. The van der Waals surface area contributed by atoms with E-state index in [0.717, 1.165) is 18.0 Å². The molecule has 76 valence electrons. The van der Waals surface area contributed by atoms with Gasteiger partial charge in [0.2, 0.25) is 5.88 Å². The van der Waals surface area contributed by atoms with Crippen molar-refractivity contribution < 1.29 is 4.74 Å². The summed E-state index contributed by atoms with van der Waals surface area (Å²) in [7, 11) is 0. The third kappa shape index (κ3) is 1.43. The van der Waals surface area contributed by atoms with E-state index in [1.807, 2.05) is 6.20 Å². The Labute approximate surface area is 84.5 Å². The maximum atomic E-state index is 5.54. The fraction of sp³-hybridized carbons (Fsp3) is 0.545. The lowest BCUT2D eigenvalue weighted by molar-refractivity contribution is 0.280. The van der Waals surface area contributed by atoms with Crippen molar-refractivity contribution in [2.75, 3.05) is 11.9 Å². The standard InChI is InChI=1S/C11H16N2O/c1-4-9-5-12-11-10(8(9)3)13-7(2)6-14-11/h5,7,13H,4,6H2,1-3H3. The van der Waals surface area contributed by atoms with Crippen LogP contribution in [0.2, 0.25) is 0 Å². The predicted molar refractivity (Wildman–Crippen MR) is 56.9 cm³/mol. The van der Waals surface area contributed by atoms with Crippen molar-refractivity contribution in [2.24, 2.45) is 0 Å². The molecule has 0 amide bonds. The molecule has 1 atom stereocenters. The molecule has 3 heteroatoms. The zero-order chi connectivity index (χ0) is 10.1. The number of fused-ring (bicyclic) bond motifs is 1. The van der Waals surface area contributed by atoms with Gasteiger partial charge >= 0.3 is 0 Å². The van der Waals surface area contributed by atoms with E-state index >= 15 is 0 Å². The number of hydrogen-bond donors (Lipinski definition) is 1. The molecule has 0 aromatic carbocycles. The maximum Gasteiger partial charge on any atom is 0.237 e. The first kappa shape index (κ1) is 9.31. The van der Waals surface area contributed by atoms with Gasteiger partial charge in [-0.1, -0.05) is 6.92 Å². The van der Waals surface area contributed by atoms with Gasteiger partial charge in [-0.3, -0.25) is 0 Å². The molecular formula is C11H16N2O. The number of anilines is 1. The van der Waals surface area contributed by atoms with Crippen LogP contribution in [-0.2, 0) is 6.42 Å². The Morgan fingerprint density at radius 1 is 1.64 bits per heavy atom. The highest BCUT2D eigenvalue weighted by molar-refractivity contribution is 5.62. The topological polar surface area (TPSA) is 34.2 Å². The van der Waals surface area contributed by atoms with E-state index in [9.17, 15) is 0 Å². The molecule has 1 aliphatic heterocycles. The molecule has 0 saturated heterocycles. The monoisotopic (exact) mass is 192 g/mol. The van der Waals surface area contributed by atoms with Crippen LogP contribution in [-0.4, -0.2) is 17.6 Å². The lowest BCUT2D eigenvalue weighted by Crippen LogP contribution is -2.29. The lowest BCUT2D eigenvalue weighted by Gasteiger charge is -2.26. The van der Waals surface area contributed by atoms with Crippen LogP contribution in [0.3, 0.4) is 0 Å². The zero-order valence-corrected chi connectivity index (χ0v) is 8.92. The number of pyridine rings is 1. The van der Waals surface area contributed by atoms with Gasteiger partial charge in [-0.25, -0.2) is 4.98 Å². The first-order valence-corrected chi connectivity index (χ1v) is 5.10. The largest absolute Gasteiger partial charge is 0.474 e. The molecule has 0 saturated carbocycles. The van der Waals surface area contributed by atoms with Crippen molar-refractivity contribution in [1.29, 1.82) is 0 Å². The van der Waals surface area contributed by atoms with Gasteiger partial charge in [0, 0.05) is 6.20 Å². The molecule has 0 fully saturated rings. The second kappa shape index (κ2) is 3.48. The van der Waals surface area contributed by atoms with E-state index in [2.05, 4.69) is 31.1 Å². The highest BCUT2D eigenvalue weighted by Crippen LogP contribution is 2.31. The Hall–Kier alpha value is -1.25. The minimum atomic E-state index is 0.370. The smallest absolute Gasteiger partial charge is 0.237 e. The average Bonchev–Trinajstić information content (AvgIpc) is 2.20. The molecule has 1 aromatic heterocycles. The Bertz CT molecular complexity index is 349. The summed E-state index contributed by atoms with van der Waals surface area (Å²) in [4.78, 5) is 4.30. The van der Waals surface area contributed by atoms with Crippen LogP contribution in [0, 0.1) is 6.92 Å². The van der Waals surface area contributed by atoms with Crippen LogP contribution >= 0.6 is 0 Å². The quantitative estimate of drug-likeness (QED) is 0.740. The fourth-order valence-electron chi connectivity index (χ4n) is 1.75. The molecule has 3 nitrogen and oxygen atoms in total. The molecule has 0 bridgehead atoms. The summed E-state index contributed by atoms with van der Waals surface area (Å²) < 4.78 is 5.54. The van der Waals surface area contributed by atoms with E-state index < -0.39 is 0 Å². The van der Waals surface area contributed by atoms with Crippen molar-refractivity contribution in [3.8, 4) is 5.88 Å². The Kier molecular flexibility index (Phi) is 2.32. The Morgan fingerprint density at radius 2 is 2.43 bits per heavy atom. The number of aryl methyl sites for hydroxylation is 1. The van der Waals surface area contributed by atoms with Gasteiger partial charge in [0.15, 0.2) is 0 Å². The summed E-state index contributed by atoms with van der Waals surface area (Å²) >= 11 is 0. The molecule has 1 aromatic rings. The van der Waals surface area contributed by atoms with Gasteiger partial charge < -0.3 is 10.1 Å². The van der Waals surface area contributed by atoms with Crippen molar-refractivity contribution in [3.05, 3.63) is 17.3 Å². The highest BCUT2D eigenvalue weighted by Gasteiger charge is 2.19. The van der Waals surface area contributed by atoms with Gasteiger partial charge in [-0.05, 0) is 31.4 Å². The average molecular weight is 192 g/mol. The summed E-state index contributed by atoms with van der Waals surface area (Å²) in [5, 5.41) is 3.42. The highest BCUT2D eigenvalue weighted by atomic mass is 16.5. The van der Waals surface area contributed by atoms with Gasteiger partial charge in [0.1, 0.15) is 12.3 Å². The Morgan fingerprint density at radius 3 is 3.14 bits per heavy atom. The third-order valence-corrected chi connectivity index (χ3v) is 2.65. The summed E-state index contributed by atoms with van der Waals surface area (Å²) in [5.74, 6) is 0.748. The first-order chi connectivity index (χ1) is 6.72. The van der Waals surface area contributed by atoms with Crippen LogP contribution in [0.1, 0.15) is 25.0 Å². The molecule has 14 heavy (non-hydrogen) atoms. The van der Waals surface area contributed by atoms with Crippen LogP contribution in [0.5, 0.6) is 5.88 Å². The van der Waals surface area contributed by atoms with E-state index in [-0.39, 0.29) is 0 Å². The van der Waals surface area contributed by atoms with Crippen LogP contribution in [0.4, 0.5) is 5.69 Å². The van der Waals surface area contributed by atoms with Gasteiger partial charge in [-0.15, -0.1) is 0 Å². The molecule has 1 aliphatic rings. The van der Waals surface area contributed by atoms with Crippen molar-refractivity contribution in [1.82, 2.24) is 4.98 Å². The summed E-state index contributed by atoms with van der Waals surface area (Å²) in [6.45, 7) is 7.07. The molecule has 0 aliphatic carbocycles. The number of nitrogens with zero attached hydrogens (tertiary/aromatic N) is 1. The summed E-state index contributed by atoms with van der Waals surface area (Å²) in [6, 6.07) is 0.370. The van der Waals surface area contributed by atoms with Gasteiger partial charge in [0.25, 0.3) is 0 Å². The number of nitrogens with one attached hydrogen (secondary N) is 1. The van der Waals surface area contributed by atoms with E-state index in [1.54, 1.807) is 0 Å². The normalized spacial score (nSPS) is 19.5. The molecule has 2 rings (SSSR count). The van der Waals surface area contributed by atoms with E-state index in [4.69, 9.17) is 4.74 Å². The molecular weight excluding hydrogens is 176 g/mol. The van der Waals surface area contributed by atoms with Crippen molar-refractivity contribution in [3.63, 3.8) is 0 Å². The number of ether oxygens (including phenoxy) is 1. The molecule has 0 spiro atoms. The minimum Gasteiger partial charge on any atom is -0.474 e. The molecule has 1 N–H and O–H groups in total. The minimum absolute atomic E-state index is 0.370. The van der Waals surface area contributed by atoms with Crippen molar-refractivity contribution >= 4 is 5.69 Å². The lowest BCUT2D eigenvalue weighted by atomic mass is 10.1. The zero-order valence-electron chi connectivity index (χ0n) is 8.92. The van der Waals surface area contributed by atoms with Crippen LogP contribution in [0.15, 0.2) is 6.20 Å². The Balaban J connectivity index is 2.45. The predicted octanol–water partition coefficient (Wildman–Crippen LogP) is 2.15. The molecule has 0 radical (unpaired) electrons. The number of aromatic nitrogens is 1. The first-order valence-electron chi connectivity index (χ1n) is 5.10. The van der Waals surface area contributed by atoms with Crippen LogP contribution < -0.4 is 10.1 Å².